The first kappa shape index (κ1) is 22.0. The van der Waals surface area contributed by atoms with Crippen LogP contribution in [0.3, 0.4) is 0 Å². The van der Waals surface area contributed by atoms with Gasteiger partial charge in [-0.1, -0.05) is 65.3 Å². The molecule has 2 aromatic carbocycles. The molecule has 1 saturated heterocycles. The Morgan fingerprint density at radius 1 is 1.10 bits per heavy atom. The molecule has 0 aliphatic carbocycles. The predicted molar refractivity (Wildman–Crippen MR) is 119 cm³/mol. The molecule has 156 valence electrons. The van der Waals surface area contributed by atoms with E-state index in [-0.39, 0.29) is 23.5 Å². The van der Waals surface area contributed by atoms with Crippen LogP contribution in [0, 0.1) is 5.92 Å². The minimum absolute atomic E-state index is 0.00820. The van der Waals surface area contributed by atoms with Crippen molar-refractivity contribution >= 4 is 31.9 Å². The molecule has 1 fully saturated rings. The lowest BCUT2D eigenvalue weighted by molar-refractivity contribution is -0.126. The summed E-state index contributed by atoms with van der Waals surface area (Å²) in [6.45, 7) is 3.47. The van der Waals surface area contributed by atoms with E-state index >= 15 is 0 Å². The number of carbonyl (C=O) groups excluding carboxylic acids is 1. The third-order valence-corrected chi connectivity index (χ3v) is 7.81. The van der Waals surface area contributed by atoms with Crippen LogP contribution in [0.15, 0.2) is 59.1 Å². The van der Waals surface area contributed by atoms with Gasteiger partial charge in [0.15, 0.2) is 0 Å². The Labute approximate surface area is 181 Å². The van der Waals surface area contributed by atoms with Crippen LogP contribution in [0.4, 0.5) is 0 Å². The lowest BCUT2D eigenvalue weighted by Gasteiger charge is -2.30. The summed E-state index contributed by atoms with van der Waals surface area (Å²) in [4.78, 5) is 12.5. The maximum absolute atomic E-state index is 12.7. The summed E-state index contributed by atoms with van der Waals surface area (Å²) in [6.07, 6.45) is 1.12. The smallest absolute Gasteiger partial charge is 0.223 e. The molecule has 1 N–H and O–H groups in total. The average molecular weight is 479 g/mol. The van der Waals surface area contributed by atoms with Gasteiger partial charge in [-0.25, -0.2) is 12.7 Å². The molecule has 0 unspecified atom stereocenters. The minimum atomic E-state index is -3.37. The molecule has 1 aliphatic rings. The molecule has 1 heterocycles. The Hall–Kier alpha value is -1.70. The summed E-state index contributed by atoms with van der Waals surface area (Å²) >= 11 is 3.36. The van der Waals surface area contributed by atoms with Gasteiger partial charge in [-0.15, -0.1) is 0 Å². The molecule has 7 heteroatoms. The van der Waals surface area contributed by atoms with E-state index in [2.05, 4.69) is 40.3 Å². The van der Waals surface area contributed by atoms with E-state index in [0.717, 1.165) is 10.0 Å². The Morgan fingerprint density at radius 2 is 1.72 bits per heavy atom. The van der Waals surface area contributed by atoms with Crippen LogP contribution in [0.1, 0.15) is 36.8 Å². The first-order chi connectivity index (χ1) is 13.8. The number of sulfonamides is 1. The lowest BCUT2D eigenvalue weighted by atomic mass is 9.96. The maximum Gasteiger partial charge on any atom is 0.223 e. The molecule has 2 aromatic rings. The molecule has 1 atom stereocenters. The number of nitrogens with zero attached hydrogens (tertiary/aromatic N) is 1. The van der Waals surface area contributed by atoms with Crippen LogP contribution in [0.5, 0.6) is 0 Å². The number of hydrogen-bond acceptors (Lipinski definition) is 3. The topological polar surface area (TPSA) is 66.5 Å². The van der Waals surface area contributed by atoms with Crippen molar-refractivity contribution in [1.82, 2.24) is 9.62 Å². The SMILES string of the molecule is C[C@H](CNC(=O)C1CCN(S(=O)(=O)Cc2ccc(Br)cc2)CC1)c1ccccc1. The standard InChI is InChI=1S/C22H27BrN2O3S/c1-17(19-5-3-2-4-6-19)15-24-22(26)20-11-13-25(14-12-20)29(27,28)16-18-7-9-21(23)10-8-18/h2-10,17,20H,11-16H2,1H3,(H,24,26)/t17-/m1/s1. The van der Waals surface area contributed by atoms with E-state index in [9.17, 15) is 13.2 Å². The highest BCUT2D eigenvalue weighted by molar-refractivity contribution is 9.10. The fraction of sp³-hybridized carbons (Fsp3) is 0.409. The van der Waals surface area contributed by atoms with Crippen LogP contribution in [-0.2, 0) is 20.6 Å². The fourth-order valence-corrected chi connectivity index (χ4v) is 5.40. The van der Waals surface area contributed by atoms with E-state index in [0.29, 0.717) is 32.5 Å². The van der Waals surface area contributed by atoms with Gasteiger partial charge >= 0.3 is 0 Å². The van der Waals surface area contributed by atoms with Gasteiger partial charge < -0.3 is 5.32 Å². The van der Waals surface area contributed by atoms with Gasteiger partial charge in [0.25, 0.3) is 0 Å². The molecule has 0 spiro atoms. The average Bonchev–Trinajstić information content (AvgIpc) is 2.74. The number of piperidine rings is 1. The van der Waals surface area contributed by atoms with Crippen molar-refractivity contribution in [3.63, 3.8) is 0 Å². The maximum atomic E-state index is 12.7. The molecule has 0 aromatic heterocycles. The van der Waals surface area contributed by atoms with Crippen molar-refractivity contribution in [3.05, 3.63) is 70.2 Å². The zero-order valence-electron chi connectivity index (χ0n) is 16.6. The Morgan fingerprint density at radius 3 is 2.34 bits per heavy atom. The summed E-state index contributed by atoms with van der Waals surface area (Å²) < 4.78 is 27.8. The highest BCUT2D eigenvalue weighted by atomic mass is 79.9. The summed E-state index contributed by atoms with van der Waals surface area (Å²) in [5, 5.41) is 3.04. The van der Waals surface area contributed by atoms with Gasteiger partial charge in [-0.05, 0) is 42.0 Å². The third-order valence-electron chi connectivity index (χ3n) is 5.43. The van der Waals surface area contributed by atoms with E-state index < -0.39 is 10.0 Å². The summed E-state index contributed by atoms with van der Waals surface area (Å²) in [7, 11) is -3.37. The molecule has 1 aliphatic heterocycles. The largest absolute Gasteiger partial charge is 0.355 e. The fourth-order valence-electron chi connectivity index (χ4n) is 3.58. The Kier molecular flexibility index (Phi) is 7.49. The molecule has 1 amide bonds. The van der Waals surface area contributed by atoms with Crippen LogP contribution in [0.2, 0.25) is 0 Å². The molecule has 0 radical (unpaired) electrons. The third kappa shape index (κ3) is 6.14. The molecular weight excluding hydrogens is 452 g/mol. The van der Waals surface area contributed by atoms with Crippen molar-refractivity contribution in [2.45, 2.75) is 31.4 Å². The summed E-state index contributed by atoms with van der Waals surface area (Å²) in [5.41, 5.74) is 1.96. The molecule has 5 nitrogen and oxygen atoms in total. The number of rotatable bonds is 7. The predicted octanol–water partition coefficient (Wildman–Crippen LogP) is 3.91. The second-order valence-electron chi connectivity index (χ2n) is 7.61. The van der Waals surface area contributed by atoms with Crippen molar-refractivity contribution in [3.8, 4) is 0 Å². The van der Waals surface area contributed by atoms with Crippen LogP contribution in [0.25, 0.3) is 0 Å². The van der Waals surface area contributed by atoms with Gasteiger partial charge in [0.1, 0.15) is 0 Å². The minimum Gasteiger partial charge on any atom is -0.355 e. The molecule has 0 bridgehead atoms. The zero-order valence-corrected chi connectivity index (χ0v) is 19.0. The number of halogens is 1. The van der Waals surface area contributed by atoms with E-state index in [1.165, 1.54) is 9.87 Å². The molecule has 3 rings (SSSR count). The molecular formula is C22H27BrN2O3S. The van der Waals surface area contributed by atoms with E-state index in [1.54, 1.807) is 0 Å². The first-order valence-electron chi connectivity index (χ1n) is 9.90. The number of amides is 1. The second-order valence-corrected chi connectivity index (χ2v) is 10.5. The van der Waals surface area contributed by atoms with E-state index in [4.69, 9.17) is 0 Å². The van der Waals surface area contributed by atoms with Crippen LogP contribution in [-0.4, -0.2) is 38.3 Å². The van der Waals surface area contributed by atoms with Crippen molar-refractivity contribution in [2.24, 2.45) is 5.92 Å². The van der Waals surface area contributed by atoms with Crippen molar-refractivity contribution < 1.29 is 13.2 Å². The number of carbonyl (C=O) groups is 1. The van der Waals surface area contributed by atoms with Crippen LogP contribution < -0.4 is 5.32 Å². The number of benzene rings is 2. The van der Waals surface area contributed by atoms with Gasteiger partial charge in [0.2, 0.25) is 15.9 Å². The van der Waals surface area contributed by atoms with Gasteiger partial charge in [-0.3, -0.25) is 4.79 Å². The first-order valence-corrected chi connectivity index (χ1v) is 12.3. The zero-order chi connectivity index (χ0) is 20.9. The van der Waals surface area contributed by atoms with Gasteiger partial charge in [0, 0.05) is 30.0 Å². The Balaban J connectivity index is 1.47. The summed E-state index contributed by atoms with van der Waals surface area (Å²) in [5.74, 6) is 0.132. The van der Waals surface area contributed by atoms with Crippen molar-refractivity contribution in [1.29, 1.82) is 0 Å². The second kappa shape index (κ2) is 9.87. The monoisotopic (exact) mass is 478 g/mol. The highest BCUT2D eigenvalue weighted by Gasteiger charge is 2.31. The quantitative estimate of drug-likeness (QED) is 0.655. The number of hydrogen-bond donors (Lipinski definition) is 1. The molecule has 0 saturated carbocycles. The molecule has 29 heavy (non-hydrogen) atoms. The van der Waals surface area contributed by atoms with E-state index in [1.807, 2.05) is 42.5 Å². The lowest BCUT2D eigenvalue weighted by Crippen LogP contribution is -2.43. The highest BCUT2D eigenvalue weighted by Crippen LogP contribution is 2.23. The summed E-state index contributed by atoms with van der Waals surface area (Å²) in [6, 6.07) is 17.4. The van der Waals surface area contributed by atoms with Gasteiger partial charge in [-0.2, -0.15) is 0 Å². The normalized spacial score (nSPS) is 17.0. The van der Waals surface area contributed by atoms with Crippen LogP contribution >= 0.6 is 15.9 Å². The number of nitrogens with one attached hydrogen (secondary N) is 1. The van der Waals surface area contributed by atoms with Gasteiger partial charge in [0.05, 0.1) is 5.75 Å². The Bertz CT molecular complexity index is 909. The van der Waals surface area contributed by atoms with Crippen molar-refractivity contribution in [2.75, 3.05) is 19.6 Å².